The summed E-state index contributed by atoms with van der Waals surface area (Å²) in [5.41, 5.74) is 2.33. The van der Waals surface area contributed by atoms with E-state index in [1.807, 2.05) is 75.4 Å². The van der Waals surface area contributed by atoms with Crippen molar-refractivity contribution in [1.29, 1.82) is 0 Å². The molecule has 0 saturated heterocycles. The number of fused-ring (bicyclic) bond motifs is 1. The van der Waals surface area contributed by atoms with Crippen LogP contribution in [0.25, 0.3) is 5.57 Å². The predicted molar refractivity (Wildman–Crippen MR) is 153 cm³/mol. The highest BCUT2D eigenvalue weighted by atomic mass is 32.2. The number of thiocarbonyl (C=S) groups is 1. The average Bonchev–Trinajstić information content (AvgIpc) is 3.34. The molecule has 9 heteroatoms. The van der Waals surface area contributed by atoms with Crippen LogP contribution in [0.4, 0.5) is 5.69 Å². The third kappa shape index (κ3) is 4.76. The Morgan fingerprint density at radius 2 is 1.46 bits per heavy atom. The number of ether oxygens (including phenoxy) is 2. The molecule has 4 rings (SSSR count). The molecule has 6 nitrogen and oxygen atoms in total. The summed E-state index contributed by atoms with van der Waals surface area (Å²) in [6.07, 6.45) is 0.638. The second kappa shape index (κ2) is 10.8. The number of thioether (sulfide) groups is 2. The zero-order valence-electron chi connectivity index (χ0n) is 21.2. The van der Waals surface area contributed by atoms with Gasteiger partial charge in [0.15, 0.2) is 0 Å². The topological polar surface area (TPSA) is 72.9 Å². The van der Waals surface area contributed by atoms with Crippen molar-refractivity contribution in [3.05, 3.63) is 79.8 Å². The molecule has 0 saturated carbocycles. The van der Waals surface area contributed by atoms with Crippen molar-refractivity contribution >= 4 is 69.7 Å². The first-order chi connectivity index (χ1) is 17.7. The molecule has 1 amide bonds. The summed E-state index contributed by atoms with van der Waals surface area (Å²) in [5.74, 6) is -1.60. The van der Waals surface area contributed by atoms with E-state index in [1.54, 1.807) is 4.90 Å². The molecule has 0 radical (unpaired) electrons. The maximum Gasteiger partial charge on any atom is 0.346 e. The molecule has 2 aliphatic heterocycles. The van der Waals surface area contributed by atoms with Crippen molar-refractivity contribution in [3.8, 4) is 0 Å². The number of anilines is 1. The van der Waals surface area contributed by atoms with E-state index in [9.17, 15) is 14.4 Å². The number of benzene rings is 2. The highest BCUT2D eigenvalue weighted by Crippen LogP contribution is 2.56. The van der Waals surface area contributed by atoms with E-state index in [2.05, 4.69) is 0 Å². The number of rotatable bonds is 5. The van der Waals surface area contributed by atoms with E-state index in [1.165, 1.54) is 14.2 Å². The Morgan fingerprint density at radius 3 is 2.00 bits per heavy atom. The van der Waals surface area contributed by atoms with Crippen molar-refractivity contribution < 1.29 is 23.9 Å². The Kier molecular flexibility index (Phi) is 7.96. The highest BCUT2D eigenvalue weighted by molar-refractivity contribution is 8.29. The minimum absolute atomic E-state index is 0.0343. The molecular weight excluding hydrogens is 527 g/mol. The fourth-order valence-electron chi connectivity index (χ4n) is 4.56. The van der Waals surface area contributed by atoms with Crippen molar-refractivity contribution in [2.24, 2.45) is 0 Å². The van der Waals surface area contributed by atoms with Gasteiger partial charge in [-0.15, -0.1) is 0 Å². The van der Waals surface area contributed by atoms with Crippen LogP contribution in [0, 0.1) is 0 Å². The van der Waals surface area contributed by atoms with Crippen LogP contribution >= 0.6 is 35.7 Å². The molecule has 0 fully saturated rings. The molecule has 0 aromatic heterocycles. The largest absolute Gasteiger partial charge is 0.465 e. The second-order valence-electron chi connectivity index (χ2n) is 8.96. The van der Waals surface area contributed by atoms with Crippen molar-refractivity contribution in [1.82, 2.24) is 0 Å². The first-order valence-corrected chi connectivity index (χ1v) is 13.8. The Bertz CT molecular complexity index is 1320. The lowest BCUT2D eigenvalue weighted by atomic mass is 9.81. The third-order valence-corrected chi connectivity index (χ3v) is 9.69. The number of hydrogen-bond acceptors (Lipinski definition) is 8. The van der Waals surface area contributed by atoms with Crippen molar-refractivity contribution in [3.63, 3.8) is 0 Å². The molecule has 2 aliphatic rings. The lowest BCUT2D eigenvalue weighted by Gasteiger charge is -2.46. The van der Waals surface area contributed by atoms with Crippen molar-refractivity contribution in [2.45, 2.75) is 38.6 Å². The van der Waals surface area contributed by atoms with Gasteiger partial charge in [0.2, 0.25) is 5.91 Å². The molecule has 1 atom stereocenters. The minimum atomic E-state index is -0.855. The normalized spacial score (nSPS) is 17.4. The average molecular weight is 554 g/mol. The maximum atomic E-state index is 14.2. The zero-order valence-corrected chi connectivity index (χ0v) is 23.6. The summed E-state index contributed by atoms with van der Waals surface area (Å²) in [5, 5.41) is 0. The lowest BCUT2D eigenvalue weighted by Crippen LogP contribution is -2.57. The fourth-order valence-corrected chi connectivity index (χ4v) is 7.59. The number of carbonyl (C=O) groups is 3. The molecule has 0 aliphatic carbocycles. The molecule has 0 spiro atoms. The molecule has 0 N–H and O–H groups in total. The Balaban J connectivity index is 1.86. The first-order valence-electron chi connectivity index (χ1n) is 11.7. The Morgan fingerprint density at radius 1 is 0.919 bits per heavy atom. The molecule has 37 heavy (non-hydrogen) atoms. The van der Waals surface area contributed by atoms with Gasteiger partial charge >= 0.3 is 11.9 Å². The summed E-state index contributed by atoms with van der Waals surface area (Å²) >= 11 is 8.33. The van der Waals surface area contributed by atoms with Gasteiger partial charge in [-0.3, -0.25) is 4.79 Å². The predicted octanol–water partition coefficient (Wildman–Crippen LogP) is 6.08. The minimum Gasteiger partial charge on any atom is -0.465 e. The summed E-state index contributed by atoms with van der Waals surface area (Å²) in [6, 6.07) is 17.4. The van der Waals surface area contributed by atoms with Crippen LogP contribution in [-0.4, -0.2) is 42.5 Å². The number of para-hydroxylation sites is 1. The smallest absolute Gasteiger partial charge is 0.346 e. The van der Waals surface area contributed by atoms with Crippen LogP contribution in [0.5, 0.6) is 0 Å². The lowest BCUT2D eigenvalue weighted by molar-refractivity contribution is -0.138. The van der Waals surface area contributed by atoms with E-state index < -0.39 is 17.5 Å². The van der Waals surface area contributed by atoms with Gasteiger partial charge in [0.25, 0.3) is 0 Å². The van der Waals surface area contributed by atoms with E-state index >= 15 is 0 Å². The SMILES string of the molecule is CC[C@H](C(=O)N1c2ccccc2C(=C2SC(C(=O)OC)=C(C(=O)OC)S2)C(=S)C1(C)C)c1ccccc1. The molecule has 0 bridgehead atoms. The van der Waals surface area contributed by atoms with E-state index in [4.69, 9.17) is 21.7 Å². The number of methoxy groups -OCH3 is 2. The monoisotopic (exact) mass is 553 g/mol. The Hall–Kier alpha value is -2.88. The van der Waals surface area contributed by atoms with Crippen LogP contribution in [0.2, 0.25) is 0 Å². The summed E-state index contributed by atoms with van der Waals surface area (Å²) in [7, 11) is 2.54. The van der Waals surface area contributed by atoms with Crippen molar-refractivity contribution in [2.75, 3.05) is 19.1 Å². The highest BCUT2D eigenvalue weighted by Gasteiger charge is 2.47. The molecule has 2 heterocycles. The van der Waals surface area contributed by atoms with Gasteiger partial charge in [-0.05, 0) is 31.9 Å². The van der Waals surface area contributed by atoms with Crippen LogP contribution < -0.4 is 4.90 Å². The number of nitrogens with zero attached hydrogens (tertiary/aromatic N) is 1. The summed E-state index contributed by atoms with van der Waals surface area (Å²) in [6.45, 7) is 5.87. The number of hydrogen-bond donors (Lipinski definition) is 0. The molecule has 2 aromatic carbocycles. The van der Waals surface area contributed by atoms with Gasteiger partial charge in [-0.2, -0.15) is 0 Å². The second-order valence-corrected chi connectivity index (χ2v) is 11.7. The molecular formula is C28H27NO5S3. The first kappa shape index (κ1) is 27.2. The van der Waals surface area contributed by atoms with Crippen LogP contribution in [0.15, 0.2) is 68.6 Å². The number of esters is 2. The summed E-state index contributed by atoms with van der Waals surface area (Å²) in [4.78, 5) is 41.8. The van der Waals surface area contributed by atoms with Crippen LogP contribution in [0.3, 0.4) is 0 Å². The van der Waals surface area contributed by atoms with Gasteiger partial charge < -0.3 is 14.4 Å². The van der Waals surface area contributed by atoms with Gasteiger partial charge in [0, 0.05) is 11.1 Å². The van der Waals surface area contributed by atoms with E-state index in [0.717, 1.165) is 45.9 Å². The molecule has 2 aromatic rings. The number of amides is 1. The quantitative estimate of drug-likeness (QED) is 0.251. The third-order valence-electron chi connectivity index (χ3n) is 6.43. The van der Waals surface area contributed by atoms with Crippen LogP contribution in [0.1, 0.15) is 44.2 Å². The van der Waals surface area contributed by atoms with Gasteiger partial charge in [-0.25, -0.2) is 9.59 Å². The zero-order chi connectivity index (χ0) is 26.9. The standard InChI is InChI=1S/C28H27NO5S3/c1-6-17(16-12-8-7-9-13-16)24(30)29-19-15-11-10-14-18(19)20(23(35)28(29,2)3)27-36-21(25(31)33-4)22(37-27)26(32)34-5/h7-15,17H,6H2,1-5H3/t17-/m0/s1. The number of carbonyl (C=O) groups excluding carboxylic acids is 3. The van der Waals surface area contributed by atoms with E-state index in [0.29, 0.717) is 15.5 Å². The van der Waals surface area contributed by atoms with E-state index in [-0.39, 0.29) is 21.6 Å². The Labute approximate surface area is 230 Å². The fraction of sp³-hybridized carbons (Fsp3) is 0.286. The van der Waals surface area contributed by atoms with Gasteiger partial charge in [0.05, 0.1) is 40.5 Å². The van der Waals surface area contributed by atoms with Gasteiger partial charge in [-0.1, -0.05) is 91.2 Å². The summed E-state index contributed by atoms with van der Waals surface area (Å²) < 4.78 is 10.5. The van der Waals surface area contributed by atoms with Crippen LogP contribution in [-0.2, 0) is 23.9 Å². The molecule has 192 valence electrons. The van der Waals surface area contributed by atoms with Gasteiger partial charge in [0.1, 0.15) is 9.81 Å². The maximum absolute atomic E-state index is 14.2. The molecule has 0 unspecified atom stereocenters.